The number of hydrogen-bond donors (Lipinski definition) is 0. The topological polar surface area (TPSA) is 118 Å². The van der Waals surface area contributed by atoms with Gasteiger partial charge < -0.3 is 14.4 Å². The molecular formula is C33H60N2O7SSi. The lowest BCUT2D eigenvalue weighted by atomic mass is 9.92. The van der Waals surface area contributed by atoms with E-state index in [0.29, 0.717) is 19.0 Å². The Kier molecular flexibility index (Phi) is 13.4. The molecule has 0 aromatic rings. The van der Waals surface area contributed by atoms with Crippen LogP contribution in [0.3, 0.4) is 0 Å². The van der Waals surface area contributed by atoms with Gasteiger partial charge in [-0.25, -0.2) is 12.7 Å². The number of unbranched alkanes of at least 4 members (excludes halogenated alkanes) is 4. The van der Waals surface area contributed by atoms with Crippen molar-refractivity contribution in [2.45, 2.75) is 131 Å². The maximum absolute atomic E-state index is 14.4. The van der Waals surface area contributed by atoms with Gasteiger partial charge in [0.2, 0.25) is 15.9 Å². The summed E-state index contributed by atoms with van der Waals surface area (Å²) in [5.74, 6) is -2.41. The summed E-state index contributed by atoms with van der Waals surface area (Å²) in [6.07, 6.45) is 5.24. The van der Waals surface area contributed by atoms with Crippen molar-refractivity contribution in [2.24, 2.45) is 29.1 Å². The van der Waals surface area contributed by atoms with Gasteiger partial charge in [-0.2, -0.15) is 0 Å². The Morgan fingerprint density at radius 1 is 1.07 bits per heavy atom. The molecule has 2 fully saturated rings. The van der Waals surface area contributed by atoms with Gasteiger partial charge in [0, 0.05) is 40.0 Å². The molecule has 2 rings (SSSR count). The van der Waals surface area contributed by atoms with Crippen LogP contribution < -0.4 is 0 Å². The molecule has 254 valence electrons. The molecule has 44 heavy (non-hydrogen) atoms. The third-order valence-electron chi connectivity index (χ3n) is 9.20. The summed E-state index contributed by atoms with van der Waals surface area (Å²) >= 11 is 0. The zero-order valence-corrected chi connectivity index (χ0v) is 30.9. The first-order valence-electron chi connectivity index (χ1n) is 16.6. The highest BCUT2D eigenvalue weighted by molar-refractivity contribution is 7.89. The highest BCUT2D eigenvalue weighted by Gasteiger charge is 2.69. The number of fused-ring (bicyclic) bond motifs is 1. The molecule has 1 aliphatic carbocycles. The second-order valence-corrected chi connectivity index (χ2v) is 23.8. The van der Waals surface area contributed by atoms with Crippen molar-refractivity contribution in [3.05, 3.63) is 0 Å². The number of Topliss-reactive ketones (excluding diaryl/α,β-unsaturated/α-hetero) is 1. The number of ether oxygens (including phenoxy) is 1. The third kappa shape index (κ3) is 11.0. The maximum atomic E-state index is 14.4. The highest BCUT2D eigenvalue weighted by Crippen LogP contribution is 2.65. The molecule has 0 aromatic heterocycles. The van der Waals surface area contributed by atoms with Gasteiger partial charge in [-0.15, -0.1) is 0 Å². The summed E-state index contributed by atoms with van der Waals surface area (Å²) in [6.45, 7) is 20.2. The van der Waals surface area contributed by atoms with Crippen molar-refractivity contribution in [3.8, 4) is 0 Å². The Balaban J connectivity index is 2.42. The fourth-order valence-corrected chi connectivity index (χ4v) is 11.0. The Labute approximate surface area is 268 Å². The molecular weight excluding hydrogens is 597 g/mol. The minimum absolute atomic E-state index is 0.0117. The minimum atomic E-state index is -3.70. The number of nitrogens with zero attached hydrogens (tertiary/aromatic N) is 2. The average molecular weight is 657 g/mol. The number of esters is 1. The Hall–Kier alpha value is -1.59. The van der Waals surface area contributed by atoms with Crippen LogP contribution in [-0.2, 0) is 33.9 Å². The largest absolute Gasteiger partial charge is 0.460 e. The molecule has 0 radical (unpaired) electrons. The van der Waals surface area contributed by atoms with Gasteiger partial charge in [-0.1, -0.05) is 73.0 Å². The molecule has 2 aliphatic rings. The van der Waals surface area contributed by atoms with Crippen LogP contribution >= 0.6 is 0 Å². The number of sulfonamides is 1. The molecule has 0 N–H and O–H groups in total. The lowest BCUT2D eigenvalue weighted by molar-refractivity contribution is -0.159. The first kappa shape index (κ1) is 38.6. The predicted octanol–water partition coefficient (Wildman–Crippen LogP) is 5.55. The summed E-state index contributed by atoms with van der Waals surface area (Å²) < 4.78 is 34.6. The molecule has 0 aromatic carbocycles. The lowest BCUT2D eigenvalue weighted by Gasteiger charge is -2.35. The summed E-state index contributed by atoms with van der Waals surface area (Å²) in [6, 6.07) is -0.0837. The van der Waals surface area contributed by atoms with Gasteiger partial charge in [-0.3, -0.25) is 14.4 Å². The van der Waals surface area contributed by atoms with Gasteiger partial charge >= 0.3 is 5.97 Å². The van der Waals surface area contributed by atoms with Gasteiger partial charge in [0.05, 0.1) is 24.1 Å². The van der Waals surface area contributed by atoms with Gasteiger partial charge in [0.25, 0.3) is 0 Å². The van der Waals surface area contributed by atoms with Crippen LogP contribution in [0.2, 0.25) is 25.7 Å². The summed E-state index contributed by atoms with van der Waals surface area (Å²) in [5, 5.41) is 0. The number of likely N-dealkylation sites (tertiary alicyclic amines) is 1. The van der Waals surface area contributed by atoms with E-state index in [1.165, 1.54) is 4.31 Å². The van der Waals surface area contributed by atoms with Gasteiger partial charge in [0.15, 0.2) is 5.78 Å². The SMILES string of the molecule is CCCCCCCN(C[C@H](CC(=O)OC(C)(C)C)C(=O)N1C[C@H]2[C@@H]([C@H]1C(=O)C[C@@H](C)C=O)C2(C)C)S(=O)(=O)CC[Si](C)(C)C. The second-order valence-electron chi connectivity index (χ2n) is 16.1. The van der Waals surface area contributed by atoms with E-state index in [4.69, 9.17) is 4.74 Å². The van der Waals surface area contributed by atoms with Crippen molar-refractivity contribution in [1.29, 1.82) is 0 Å². The minimum Gasteiger partial charge on any atom is -0.460 e. The summed E-state index contributed by atoms with van der Waals surface area (Å²) in [7, 11) is -5.37. The number of hydrogen-bond acceptors (Lipinski definition) is 7. The van der Waals surface area contributed by atoms with Crippen molar-refractivity contribution < 1.29 is 32.3 Å². The zero-order valence-electron chi connectivity index (χ0n) is 29.1. The molecule has 1 amide bonds. The Morgan fingerprint density at radius 2 is 1.68 bits per heavy atom. The quantitative estimate of drug-likeness (QED) is 0.0774. The maximum Gasteiger partial charge on any atom is 0.307 e. The molecule has 9 nitrogen and oxygen atoms in total. The molecule has 0 spiro atoms. The summed E-state index contributed by atoms with van der Waals surface area (Å²) in [4.78, 5) is 54.0. The first-order valence-corrected chi connectivity index (χ1v) is 21.9. The van der Waals surface area contributed by atoms with E-state index in [9.17, 15) is 27.6 Å². The van der Waals surface area contributed by atoms with E-state index in [2.05, 4.69) is 40.4 Å². The number of carbonyl (C=O) groups is 4. The van der Waals surface area contributed by atoms with E-state index < -0.39 is 47.5 Å². The number of amides is 1. The standard InChI is InChI=1S/C33H60N2O7SSi/c1-11-12-13-14-15-16-34(43(40,41)17-18-44(8,9)10)21-25(20-28(38)42-32(3,4)5)31(39)35-22-26-29(33(26,6)7)30(35)27(37)19-24(2)23-36/h23-26,29-30H,11-22H2,1-10H3/t24-,25+,26+,29+,30-/m1/s1. The van der Waals surface area contributed by atoms with Crippen LogP contribution in [0.4, 0.5) is 0 Å². The normalized spacial score (nSPS) is 22.8. The fourth-order valence-electron chi connectivity index (χ4n) is 6.46. The van der Waals surface area contributed by atoms with Crippen LogP contribution in [0.15, 0.2) is 0 Å². The van der Waals surface area contributed by atoms with Crippen molar-refractivity contribution in [3.63, 3.8) is 0 Å². The first-order chi connectivity index (χ1) is 20.1. The van der Waals surface area contributed by atoms with E-state index in [1.54, 1.807) is 32.6 Å². The van der Waals surface area contributed by atoms with E-state index in [-0.39, 0.29) is 60.6 Å². The third-order valence-corrected chi connectivity index (χ3v) is 13.1. The van der Waals surface area contributed by atoms with Gasteiger partial charge in [0.1, 0.15) is 11.9 Å². The van der Waals surface area contributed by atoms with Crippen LogP contribution in [0.1, 0.15) is 93.4 Å². The molecule has 1 saturated carbocycles. The van der Waals surface area contributed by atoms with Crippen molar-refractivity contribution in [2.75, 3.05) is 25.4 Å². The molecule has 1 aliphatic heterocycles. The average Bonchev–Trinajstić information content (AvgIpc) is 3.21. The molecule has 11 heteroatoms. The molecule has 5 atom stereocenters. The Bertz CT molecular complexity index is 1130. The van der Waals surface area contributed by atoms with Crippen LogP contribution in [0.25, 0.3) is 0 Å². The molecule has 1 heterocycles. The van der Waals surface area contributed by atoms with Gasteiger partial charge in [-0.05, 0) is 50.5 Å². The van der Waals surface area contributed by atoms with Crippen molar-refractivity contribution >= 4 is 42.0 Å². The molecule has 0 unspecified atom stereocenters. The van der Waals surface area contributed by atoms with E-state index in [1.807, 2.05) is 0 Å². The summed E-state index contributed by atoms with van der Waals surface area (Å²) in [5.41, 5.74) is -0.872. The fraction of sp³-hybridized carbons (Fsp3) is 0.879. The molecule has 1 saturated heterocycles. The number of carbonyl (C=O) groups excluding carboxylic acids is 4. The number of aldehydes is 1. The zero-order chi connectivity index (χ0) is 33.7. The van der Waals surface area contributed by atoms with Crippen molar-refractivity contribution in [1.82, 2.24) is 9.21 Å². The smallest absolute Gasteiger partial charge is 0.307 e. The van der Waals surface area contributed by atoms with Crippen LogP contribution in [-0.4, -0.2) is 86.7 Å². The van der Waals surface area contributed by atoms with Crippen LogP contribution in [0.5, 0.6) is 0 Å². The van der Waals surface area contributed by atoms with Crippen LogP contribution in [0, 0.1) is 29.1 Å². The number of piperidine rings is 1. The predicted molar refractivity (Wildman–Crippen MR) is 177 cm³/mol. The van der Waals surface area contributed by atoms with E-state index in [0.717, 1.165) is 32.0 Å². The monoisotopic (exact) mass is 656 g/mol. The molecule has 0 bridgehead atoms. The number of rotatable bonds is 19. The lowest BCUT2D eigenvalue weighted by Crippen LogP contribution is -2.51. The van der Waals surface area contributed by atoms with E-state index >= 15 is 0 Å². The number of ketones is 1. The Morgan fingerprint density at radius 3 is 2.23 bits per heavy atom. The second kappa shape index (κ2) is 15.3. The highest BCUT2D eigenvalue weighted by atomic mass is 32.2.